The predicted octanol–water partition coefficient (Wildman–Crippen LogP) is 3.88. The number of nitrogens with one attached hydrogen (secondary N) is 2. The Morgan fingerprint density at radius 3 is 2.34 bits per heavy atom. The van der Waals surface area contributed by atoms with E-state index >= 15 is 0 Å². The number of anilines is 2. The van der Waals surface area contributed by atoms with Crippen LogP contribution in [0.3, 0.4) is 0 Å². The molecule has 0 aliphatic heterocycles. The van der Waals surface area contributed by atoms with Gasteiger partial charge in [-0.3, -0.25) is 9.59 Å². The topological polar surface area (TPSA) is 84.0 Å². The van der Waals surface area contributed by atoms with Crippen molar-refractivity contribution in [3.63, 3.8) is 0 Å². The number of hydrogen-bond acceptors (Lipinski definition) is 5. The van der Waals surface area contributed by atoms with Crippen LogP contribution in [0, 0.1) is 17.5 Å². The Hall–Kier alpha value is -3.40. The monoisotopic (exact) mass is 418 g/mol. The van der Waals surface area contributed by atoms with E-state index in [0.717, 1.165) is 23.9 Å². The number of hydrogen-bond donors (Lipinski definition) is 2. The summed E-state index contributed by atoms with van der Waals surface area (Å²) in [6, 6.07) is 11.5. The number of carbonyl (C=O) groups is 2. The van der Waals surface area contributed by atoms with Gasteiger partial charge in [0.2, 0.25) is 5.91 Å². The molecule has 3 aromatic rings. The molecule has 0 spiro atoms. The summed E-state index contributed by atoms with van der Waals surface area (Å²) in [5.74, 6) is -3.76. The van der Waals surface area contributed by atoms with Gasteiger partial charge in [-0.2, -0.15) is 0 Å². The van der Waals surface area contributed by atoms with Crippen LogP contribution < -0.4 is 10.6 Å². The number of thioether (sulfide) groups is 1. The number of aromatic nitrogens is 2. The number of nitrogens with zero attached hydrogens (tertiary/aromatic N) is 2. The largest absolute Gasteiger partial charge is 0.325 e. The van der Waals surface area contributed by atoms with Crippen LogP contribution in [-0.2, 0) is 4.79 Å². The lowest BCUT2D eigenvalue weighted by molar-refractivity contribution is -0.113. The maximum absolute atomic E-state index is 13.6. The van der Waals surface area contributed by atoms with Crippen molar-refractivity contribution in [1.29, 1.82) is 0 Å². The summed E-state index contributed by atoms with van der Waals surface area (Å²) in [6.07, 6.45) is 0. The van der Waals surface area contributed by atoms with Crippen LogP contribution in [0.25, 0.3) is 0 Å². The second-order valence-corrected chi connectivity index (χ2v) is 6.65. The van der Waals surface area contributed by atoms with E-state index in [1.165, 1.54) is 42.5 Å². The Kier molecular flexibility index (Phi) is 6.45. The van der Waals surface area contributed by atoms with E-state index in [1.54, 1.807) is 0 Å². The van der Waals surface area contributed by atoms with Gasteiger partial charge in [-0.15, -0.1) is 10.2 Å². The van der Waals surface area contributed by atoms with Crippen molar-refractivity contribution < 1.29 is 22.8 Å². The number of amides is 2. The zero-order chi connectivity index (χ0) is 20.8. The van der Waals surface area contributed by atoms with Gasteiger partial charge in [-0.25, -0.2) is 13.2 Å². The minimum Gasteiger partial charge on any atom is -0.325 e. The maximum atomic E-state index is 13.6. The molecule has 2 aromatic carbocycles. The summed E-state index contributed by atoms with van der Waals surface area (Å²) >= 11 is 1.06. The van der Waals surface area contributed by atoms with Crippen molar-refractivity contribution in [2.75, 3.05) is 16.4 Å². The number of halogens is 3. The van der Waals surface area contributed by atoms with Crippen LogP contribution in [0.1, 0.15) is 10.4 Å². The molecule has 148 valence electrons. The van der Waals surface area contributed by atoms with Gasteiger partial charge in [-0.1, -0.05) is 23.9 Å². The minimum atomic E-state index is -1.06. The molecular weight excluding hydrogens is 405 g/mol. The molecule has 0 saturated carbocycles. The summed E-state index contributed by atoms with van der Waals surface area (Å²) in [4.78, 5) is 23.9. The fourth-order valence-corrected chi connectivity index (χ4v) is 2.82. The zero-order valence-electron chi connectivity index (χ0n) is 14.7. The maximum Gasteiger partial charge on any atom is 0.259 e. The van der Waals surface area contributed by atoms with E-state index in [2.05, 4.69) is 20.8 Å². The highest BCUT2D eigenvalue weighted by atomic mass is 32.2. The summed E-state index contributed by atoms with van der Waals surface area (Å²) in [5.41, 5.74) is 0.00782. The van der Waals surface area contributed by atoms with Crippen LogP contribution in [0.5, 0.6) is 0 Å². The zero-order valence-corrected chi connectivity index (χ0v) is 15.5. The molecule has 2 N–H and O–H groups in total. The molecule has 29 heavy (non-hydrogen) atoms. The minimum absolute atomic E-state index is 0.0470. The van der Waals surface area contributed by atoms with Crippen LogP contribution in [0.2, 0.25) is 0 Å². The lowest BCUT2D eigenvalue weighted by Gasteiger charge is -2.06. The Morgan fingerprint density at radius 2 is 1.66 bits per heavy atom. The van der Waals surface area contributed by atoms with E-state index in [9.17, 15) is 22.8 Å². The third kappa shape index (κ3) is 5.55. The lowest BCUT2D eigenvalue weighted by atomic mass is 10.2. The molecule has 0 atom stereocenters. The summed E-state index contributed by atoms with van der Waals surface area (Å²) in [7, 11) is 0. The molecule has 0 aliphatic carbocycles. The van der Waals surface area contributed by atoms with Crippen LogP contribution in [-0.4, -0.2) is 27.8 Å². The molecule has 0 radical (unpaired) electrons. The van der Waals surface area contributed by atoms with Crippen molar-refractivity contribution >= 4 is 35.1 Å². The molecule has 0 fully saturated rings. The van der Waals surface area contributed by atoms with Crippen LogP contribution in [0.4, 0.5) is 24.7 Å². The van der Waals surface area contributed by atoms with Crippen molar-refractivity contribution in [1.82, 2.24) is 10.2 Å². The molecule has 1 heterocycles. The van der Waals surface area contributed by atoms with Gasteiger partial charge in [-0.05, 0) is 36.4 Å². The van der Waals surface area contributed by atoms with Gasteiger partial charge in [0.1, 0.15) is 10.8 Å². The van der Waals surface area contributed by atoms with Crippen molar-refractivity contribution in [3.8, 4) is 0 Å². The summed E-state index contributed by atoms with van der Waals surface area (Å²) in [5, 5.41) is 12.9. The second-order valence-electron chi connectivity index (χ2n) is 5.66. The quantitative estimate of drug-likeness (QED) is 0.594. The molecular formula is C19H13F3N4O2S. The smallest absolute Gasteiger partial charge is 0.259 e. The Morgan fingerprint density at radius 1 is 0.862 bits per heavy atom. The van der Waals surface area contributed by atoms with E-state index in [-0.39, 0.29) is 22.8 Å². The molecule has 2 amide bonds. The first-order chi connectivity index (χ1) is 13.9. The highest BCUT2D eigenvalue weighted by Gasteiger charge is 2.12. The summed E-state index contributed by atoms with van der Waals surface area (Å²) in [6.45, 7) is 0. The first-order valence-corrected chi connectivity index (χ1v) is 9.18. The third-order valence-electron chi connectivity index (χ3n) is 3.55. The van der Waals surface area contributed by atoms with Crippen molar-refractivity contribution in [2.24, 2.45) is 0 Å². The Labute approximate surface area is 167 Å². The highest BCUT2D eigenvalue weighted by Crippen LogP contribution is 2.18. The SMILES string of the molecule is O=C(CSc1ccc(NC(=O)c2ccccc2F)nn1)Nc1ccc(F)c(F)c1. The normalized spacial score (nSPS) is 10.4. The number of carbonyl (C=O) groups excluding carboxylic acids is 2. The van der Waals surface area contributed by atoms with Crippen molar-refractivity contribution in [2.45, 2.75) is 5.03 Å². The van der Waals surface area contributed by atoms with Gasteiger partial charge < -0.3 is 10.6 Å². The molecule has 3 rings (SSSR count). The van der Waals surface area contributed by atoms with E-state index in [4.69, 9.17) is 0 Å². The van der Waals surface area contributed by atoms with Gasteiger partial charge in [0.25, 0.3) is 5.91 Å². The lowest BCUT2D eigenvalue weighted by Crippen LogP contribution is -2.15. The molecule has 0 saturated heterocycles. The molecule has 1 aromatic heterocycles. The average molecular weight is 418 g/mol. The van der Waals surface area contributed by atoms with Crippen LogP contribution in [0.15, 0.2) is 59.6 Å². The van der Waals surface area contributed by atoms with Crippen LogP contribution >= 0.6 is 11.8 Å². The van der Waals surface area contributed by atoms with Gasteiger partial charge in [0, 0.05) is 11.8 Å². The van der Waals surface area contributed by atoms with E-state index < -0.39 is 29.3 Å². The average Bonchev–Trinajstić information content (AvgIpc) is 2.70. The van der Waals surface area contributed by atoms with Gasteiger partial charge in [0.05, 0.1) is 11.3 Å². The van der Waals surface area contributed by atoms with E-state index in [0.29, 0.717) is 5.03 Å². The fourth-order valence-electron chi connectivity index (χ4n) is 2.20. The molecule has 6 nitrogen and oxygen atoms in total. The standard InChI is InChI=1S/C19H13F3N4O2S/c20-13-4-2-1-3-12(13)19(28)24-16-7-8-18(26-25-16)29-10-17(27)23-11-5-6-14(21)15(22)9-11/h1-9H,10H2,(H,23,27)(H,24,25,28). The summed E-state index contributed by atoms with van der Waals surface area (Å²) < 4.78 is 39.6. The van der Waals surface area contributed by atoms with Crippen molar-refractivity contribution in [3.05, 3.63) is 77.6 Å². The van der Waals surface area contributed by atoms with Gasteiger partial charge in [0.15, 0.2) is 17.5 Å². The molecule has 10 heteroatoms. The van der Waals surface area contributed by atoms with Gasteiger partial charge >= 0.3 is 0 Å². The number of rotatable bonds is 6. The molecule has 0 unspecified atom stereocenters. The second kappa shape index (κ2) is 9.20. The fraction of sp³-hybridized carbons (Fsp3) is 0.0526. The number of benzene rings is 2. The Bertz CT molecular complexity index is 1050. The molecule has 0 bridgehead atoms. The van der Waals surface area contributed by atoms with E-state index in [1.807, 2.05) is 0 Å². The predicted molar refractivity (Wildman–Crippen MR) is 102 cm³/mol. The molecule has 0 aliphatic rings. The first kappa shape index (κ1) is 20.3. The Balaban J connectivity index is 1.52. The first-order valence-electron chi connectivity index (χ1n) is 8.19. The highest BCUT2D eigenvalue weighted by molar-refractivity contribution is 7.99. The third-order valence-corrected chi connectivity index (χ3v) is 4.47.